The van der Waals surface area contributed by atoms with Gasteiger partial charge in [-0.15, -0.1) is 22.7 Å². The Bertz CT molecular complexity index is 1280. The van der Waals surface area contributed by atoms with Crippen molar-refractivity contribution in [3.8, 4) is 11.5 Å². The molecule has 10 heteroatoms. The molecule has 0 spiro atoms. The summed E-state index contributed by atoms with van der Waals surface area (Å²) in [6.45, 7) is 8.33. The first-order valence-corrected chi connectivity index (χ1v) is 12.9. The molecule has 2 aromatic heterocycles. The second-order valence-corrected chi connectivity index (χ2v) is 10.6. The van der Waals surface area contributed by atoms with E-state index in [1.54, 1.807) is 36.7 Å². The number of Topliss-reactive ketones (excluding diaryl/α,β-unsaturated/α-hetero) is 1. The largest absolute Gasteiger partial charge is 0.503 e. The minimum atomic E-state index is -0.887. The van der Waals surface area contributed by atoms with Gasteiger partial charge in [-0.1, -0.05) is 19.9 Å². The molecular formula is C25H27N3O5S2. The average Bonchev–Trinajstić information content (AvgIpc) is 3.52. The highest BCUT2D eigenvalue weighted by atomic mass is 32.1. The van der Waals surface area contributed by atoms with Crippen LogP contribution in [0.4, 0.5) is 5.13 Å². The molecule has 0 fully saturated rings. The van der Waals surface area contributed by atoms with E-state index < -0.39 is 23.5 Å². The summed E-state index contributed by atoms with van der Waals surface area (Å²) in [5.74, 6) is -0.158. The summed E-state index contributed by atoms with van der Waals surface area (Å²) >= 11 is 2.48. The van der Waals surface area contributed by atoms with Crippen LogP contribution < -0.4 is 14.4 Å². The van der Waals surface area contributed by atoms with Crippen molar-refractivity contribution in [2.75, 3.05) is 18.6 Å². The number of ketones is 1. The standard InChI is InChI=1S/C25H27N3O5S2/c1-13(2)8-10-33-17-7-6-16(12-18(17)32-5)20-19(21(29)23-14(3)27-15(4)35-23)22(30)24(31)28(20)25-26-9-11-34-25/h6-7,9,11-13,20,30H,8,10H2,1-5H3. The number of aliphatic hydroxyl groups is 1. The van der Waals surface area contributed by atoms with Crippen LogP contribution in [0.5, 0.6) is 11.5 Å². The Labute approximate surface area is 211 Å². The maximum Gasteiger partial charge on any atom is 0.296 e. The third-order valence-electron chi connectivity index (χ3n) is 5.64. The van der Waals surface area contributed by atoms with E-state index in [9.17, 15) is 14.7 Å². The number of thiazole rings is 2. The van der Waals surface area contributed by atoms with Crippen molar-refractivity contribution in [3.63, 3.8) is 0 Å². The third-order valence-corrected chi connectivity index (χ3v) is 7.49. The number of aromatic nitrogens is 2. The van der Waals surface area contributed by atoms with Crippen LogP contribution in [0.25, 0.3) is 0 Å². The number of hydrogen-bond acceptors (Lipinski definition) is 9. The first-order valence-electron chi connectivity index (χ1n) is 11.2. The van der Waals surface area contributed by atoms with E-state index in [2.05, 4.69) is 23.8 Å². The summed E-state index contributed by atoms with van der Waals surface area (Å²) in [6, 6.07) is 4.39. The van der Waals surface area contributed by atoms with E-state index >= 15 is 0 Å². The average molecular weight is 514 g/mol. The van der Waals surface area contributed by atoms with Crippen LogP contribution in [0.1, 0.15) is 52.2 Å². The molecule has 1 amide bonds. The molecule has 1 unspecified atom stereocenters. The molecule has 0 radical (unpaired) electrons. The smallest absolute Gasteiger partial charge is 0.296 e. The van der Waals surface area contributed by atoms with Gasteiger partial charge < -0.3 is 14.6 Å². The molecule has 1 aliphatic heterocycles. The minimum absolute atomic E-state index is 0.00696. The van der Waals surface area contributed by atoms with E-state index in [0.717, 1.165) is 11.4 Å². The van der Waals surface area contributed by atoms with E-state index in [4.69, 9.17) is 9.47 Å². The van der Waals surface area contributed by atoms with Crippen molar-refractivity contribution in [1.29, 1.82) is 0 Å². The van der Waals surface area contributed by atoms with Gasteiger partial charge in [-0.25, -0.2) is 9.97 Å². The van der Waals surface area contributed by atoms with Gasteiger partial charge in [0.2, 0.25) is 5.78 Å². The third kappa shape index (κ3) is 4.81. The zero-order chi connectivity index (χ0) is 25.3. The van der Waals surface area contributed by atoms with Gasteiger partial charge in [-0.3, -0.25) is 14.5 Å². The molecule has 3 heterocycles. The van der Waals surface area contributed by atoms with E-state index in [1.807, 2.05) is 6.92 Å². The fraction of sp³-hybridized carbons (Fsp3) is 0.360. The number of nitrogens with zero attached hydrogens (tertiary/aromatic N) is 3. The molecule has 0 saturated heterocycles. The predicted molar refractivity (Wildman–Crippen MR) is 136 cm³/mol. The van der Waals surface area contributed by atoms with Crippen molar-refractivity contribution in [2.45, 2.75) is 40.2 Å². The number of amides is 1. The lowest BCUT2D eigenvalue weighted by molar-refractivity contribution is -0.117. The van der Waals surface area contributed by atoms with E-state index in [1.165, 1.54) is 34.7 Å². The molecule has 35 heavy (non-hydrogen) atoms. The van der Waals surface area contributed by atoms with Crippen molar-refractivity contribution >= 4 is 39.5 Å². The molecule has 1 N–H and O–H groups in total. The summed E-state index contributed by atoms with van der Waals surface area (Å²) in [6.07, 6.45) is 2.47. The van der Waals surface area contributed by atoms with Gasteiger partial charge in [-0.05, 0) is 43.9 Å². The van der Waals surface area contributed by atoms with Crippen LogP contribution in [0.2, 0.25) is 0 Å². The maximum absolute atomic E-state index is 13.7. The molecule has 0 saturated carbocycles. The van der Waals surface area contributed by atoms with Crippen molar-refractivity contribution in [1.82, 2.24) is 9.97 Å². The highest BCUT2D eigenvalue weighted by Gasteiger charge is 2.46. The topological polar surface area (TPSA) is 102 Å². The van der Waals surface area contributed by atoms with E-state index in [0.29, 0.717) is 45.3 Å². The highest BCUT2D eigenvalue weighted by Crippen LogP contribution is 2.45. The summed E-state index contributed by atoms with van der Waals surface area (Å²) in [5, 5.41) is 13.8. The van der Waals surface area contributed by atoms with Crippen LogP contribution in [0.15, 0.2) is 41.1 Å². The Hall–Kier alpha value is -3.24. The number of benzene rings is 1. The molecule has 3 aromatic rings. The molecule has 184 valence electrons. The van der Waals surface area contributed by atoms with Crippen LogP contribution >= 0.6 is 22.7 Å². The molecule has 1 atom stereocenters. The number of anilines is 1. The molecule has 4 rings (SSSR count). The first-order chi connectivity index (χ1) is 16.7. The van der Waals surface area contributed by atoms with Crippen molar-refractivity contribution in [3.05, 3.63) is 62.3 Å². The number of hydrogen-bond donors (Lipinski definition) is 1. The molecule has 1 aromatic carbocycles. The quantitative estimate of drug-likeness (QED) is 0.381. The van der Waals surface area contributed by atoms with Crippen LogP contribution in [0, 0.1) is 19.8 Å². The van der Waals surface area contributed by atoms with Gasteiger partial charge in [-0.2, -0.15) is 0 Å². The lowest BCUT2D eigenvalue weighted by Crippen LogP contribution is -2.31. The van der Waals surface area contributed by atoms with Crippen molar-refractivity contribution in [2.24, 2.45) is 5.92 Å². The maximum atomic E-state index is 13.7. The summed E-state index contributed by atoms with van der Waals surface area (Å²) < 4.78 is 11.5. The van der Waals surface area contributed by atoms with Gasteiger partial charge in [0.1, 0.15) is 0 Å². The second-order valence-electron chi connectivity index (χ2n) is 8.57. The second kappa shape index (κ2) is 10.2. The van der Waals surface area contributed by atoms with Crippen LogP contribution in [-0.4, -0.2) is 40.5 Å². The Morgan fingerprint density at radius 3 is 2.63 bits per heavy atom. The van der Waals surface area contributed by atoms with Gasteiger partial charge in [0.25, 0.3) is 5.91 Å². The lowest BCUT2D eigenvalue weighted by atomic mass is 9.95. The van der Waals surface area contributed by atoms with Crippen LogP contribution in [0.3, 0.4) is 0 Å². The van der Waals surface area contributed by atoms with E-state index in [-0.39, 0.29) is 5.57 Å². The highest BCUT2D eigenvalue weighted by molar-refractivity contribution is 7.14. The molecule has 0 bridgehead atoms. The fourth-order valence-corrected chi connectivity index (χ4v) is 5.47. The Balaban J connectivity index is 1.79. The Kier molecular flexibility index (Phi) is 7.23. The number of carbonyl (C=O) groups is 2. The molecule has 0 aliphatic carbocycles. The molecule has 8 nitrogen and oxygen atoms in total. The van der Waals surface area contributed by atoms with Gasteiger partial charge >= 0.3 is 0 Å². The zero-order valence-electron chi connectivity index (χ0n) is 20.2. The van der Waals surface area contributed by atoms with Crippen LogP contribution in [-0.2, 0) is 4.79 Å². The first kappa shape index (κ1) is 24.9. The summed E-state index contributed by atoms with van der Waals surface area (Å²) in [7, 11) is 1.54. The normalized spacial score (nSPS) is 15.9. The monoisotopic (exact) mass is 513 g/mol. The van der Waals surface area contributed by atoms with Gasteiger partial charge in [0.05, 0.1) is 40.9 Å². The number of rotatable bonds is 9. The Morgan fingerprint density at radius 2 is 2.03 bits per heavy atom. The number of ether oxygens (including phenoxy) is 2. The predicted octanol–water partition coefficient (Wildman–Crippen LogP) is 5.43. The number of aliphatic hydroxyl groups excluding tert-OH is 1. The number of carbonyl (C=O) groups excluding carboxylic acids is 2. The summed E-state index contributed by atoms with van der Waals surface area (Å²) in [5.41, 5.74) is 1.14. The number of aryl methyl sites for hydroxylation is 2. The van der Waals surface area contributed by atoms with Gasteiger partial charge in [0.15, 0.2) is 22.4 Å². The fourth-order valence-electron chi connectivity index (χ4n) is 3.93. The number of methoxy groups -OCH3 is 1. The summed E-state index contributed by atoms with van der Waals surface area (Å²) in [4.78, 5) is 37.2. The Morgan fingerprint density at radius 1 is 1.26 bits per heavy atom. The molecular weight excluding hydrogens is 486 g/mol. The minimum Gasteiger partial charge on any atom is -0.503 e. The van der Waals surface area contributed by atoms with Crippen molar-refractivity contribution < 1.29 is 24.2 Å². The SMILES string of the molecule is COc1cc(C2C(C(=O)c3sc(C)nc3C)=C(O)C(=O)N2c2nccs2)ccc1OCCC(C)C. The lowest BCUT2D eigenvalue weighted by Gasteiger charge is -2.25. The zero-order valence-corrected chi connectivity index (χ0v) is 21.8. The molecule has 1 aliphatic rings. The van der Waals surface area contributed by atoms with Gasteiger partial charge in [0, 0.05) is 11.6 Å².